The van der Waals surface area contributed by atoms with Gasteiger partial charge in [0.15, 0.2) is 5.58 Å². The zero-order valence-corrected chi connectivity index (χ0v) is 10.1. The standard InChI is InChI=1S/C14H10O5/c1-2-17-14(16)11-7-9(15)13-12(19-11)8-5-3-4-6-10(8)18-13/h3-7H,2H2,1H3. The molecule has 0 unspecified atom stereocenters. The van der Waals surface area contributed by atoms with Crippen LogP contribution in [0.1, 0.15) is 17.5 Å². The second kappa shape index (κ2) is 4.28. The Bertz CT molecular complexity index is 825. The quantitative estimate of drug-likeness (QED) is 0.661. The van der Waals surface area contributed by atoms with Gasteiger partial charge < -0.3 is 13.6 Å². The summed E-state index contributed by atoms with van der Waals surface area (Å²) in [6.07, 6.45) is 0. The van der Waals surface area contributed by atoms with Crippen LogP contribution in [0.2, 0.25) is 0 Å². The lowest BCUT2D eigenvalue weighted by atomic mass is 10.2. The SMILES string of the molecule is CCOC(=O)c1cc(=O)c2oc3ccccc3c2o1. The summed E-state index contributed by atoms with van der Waals surface area (Å²) in [6, 6.07) is 8.17. The van der Waals surface area contributed by atoms with Crippen LogP contribution in [0, 0.1) is 0 Å². The molecule has 96 valence electrons. The fourth-order valence-corrected chi connectivity index (χ4v) is 1.91. The van der Waals surface area contributed by atoms with Gasteiger partial charge in [0.25, 0.3) is 0 Å². The second-order valence-corrected chi connectivity index (χ2v) is 3.95. The normalized spacial score (nSPS) is 11.0. The third-order valence-electron chi connectivity index (χ3n) is 2.72. The van der Waals surface area contributed by atoms with Gasteiger partial charge in [0.1, 0.15) is 5.58 Å². The Hall–Kier alpha value is -2.56. The van der Waals surface area contributed by atoms with Crippen molar-refractivity contribution in [3.05, 3.63) is 46.3 Å². The largest absolute Gasteiger partial charge is 0.460 e. The Kier molecular flexibility index (Phi) is 2.59. The summed E-state index contributed by atoms with van der Waals surface area (Å²) in [5, 5.41) is 0.653. The lowest BCUT2D eigenvalue weighted by molar-refractivity contribution is 0.0491. The molecule has 0 aliphatic rings. The van der Waals surface area contributed by atoms with Crippen LogP contribution in [0.15, 0.2) is 44.0 Å². The Morgan fingerprint density at radius 1 is 1.21 bits per heavy atom. The summed E-state index contributed by atoms with van der Waals surface area (Å²) in [6.45, 7) is 1.90. The molecule has 1 aromatic carbocycles. The fourth-order valence-electron chi connectivity index (χ4n) is 1.91. The van der Waals surface area contributed by atoms with E-state index in [1.807, 2.05) is 0 Å². The molecule has 5 nitrogen and oxygen atoms in total. The van der Waals surface area contributed by atoms with Gasteiger partial charge in [-0.3, -0.25) is 4.79 Å². The van der Waals surface area contributed by atoms with E-state index in [1.54, 1.807) is 31.2 Å². The molecule has 2 heterocycles. The van der Waals surface area contributed by atoms with Crippen LogP contribution in [-0.2, 0) is 4.74 Å². The van der Waals surface area contributed by atoms with Crippen molar-refractivity contribution < 1.29 is 18.4 Å². The highest BCUT2D eigenvalue weighted by Gasteiger charge is 2.17. The number of ether oxygens (including phenoxy) is 1. The zero-order valence-electron chi connectivity index (χ0n) is 10.1. The molecule has 0 radical (unpaired) electrons. The molecule has 0 bridgehead atoms. The van der Waals surface area contributed by atoms with Gasteiger partial charge in [-0.05, 0) is 19.1 Å². The molecule has 5 heteroatoms. The van der Waals surface area contributed by atoms with Gasteiger partial charge in [0.2, 0.25) is 16.8 Å². The highest BCUT2D eigenvalue weighted by molar-refractivity contribution is 6.01. The first-order valence-corrected chi connectivity index (χ1v) is 5.83. The van der Waals surface area contributed by atoms with E-state index in [9.17, 15) is 9.59 Å². The summed E-state index contributed by atoms with van der Waals surface area (Å²) in [5.74, 6) is -0.780. The van der Waals surface area contributed by atoms with Crippen molar-refractivity contribution in [2.45, 2.75) is 6.92 Å². The molecule has 3 rings (SSSR count). The number of para-hydroxylation sites is 1. The van der Waals surface area contributed by atoms with Crippen LogP contribution in [0.3, 0.4) is 0 Å². The molecule has 0 N–H and O–H groups in total. The number of carbonyl (C=O) groups is 1. The van der Waals surface area contributed by atoms with E-state index in [0.717, 1.165) is 6.07 Å². The van der Waals surface area contributed by atoms with Crippen molar-refractivity contribution in [1.82, 2.24) is 0 Å². The molecule has 0 aliphatic heterocycles. The Morgan fingerprint density at radius 3 is 2.79 bits per heavy atom. The third-order valence-corrected chi connectivity index (χ3v) is 2.72. The number of rotatable bonds is 2. The first-order valence-electron chi connectivity index (χ1n) is 5.83. The maximum Gasteiger partial charge on any atom is 0.374 e. The van der Waals surface area contributed by atoms with Crippen molar-refractivity contribution in [2.24, 2.45) is 0 Å². The summed E-state index contributed by atoms with van der Waals surface area (Å²) < 4.78 is 15.7. The zero-order chi connectivity index (χ0) is 13.4. The molecular weight excluding hydrogens is 248 g/mol. The van der Waals surface area contributed by atoms with Crippen LogP contribution in [0.25, 0.3) is 22.1 Å². The Morgan fingerprint density at radius 2 is 2.00 bits per heavy atom. The van der Waals surface area contributed by atoms with Gasteiger partial charge in [0.05, 0.1) is 12.0 Å². The average Bonchev–Trinajstić information content (AvgIpc) is 2.78. The lowest BCUT2D eigenvalue weighted by Gasteiger charge is -1.99. The van der Waals surface area contributed by atoms with E-state index in [1.165, 1.54) is 0 Å². The molecule has 0 atom stereocenters. The minimum atomic E-state index is -0.660. The van der Waals surface area contributed by atoms with Gasteiger partial charge in [-0.1, -0.05) is 12.1 Å². The van der Waals surface area contributed by atoms with Crippen molar-refractivity contribution in [2.75, 3.05) is 6.61 Å². The first-order chi connectivity index (χ1) is 9.20. The molecule has 2 aromatic heterocycles. The fraction of sp³-hybridized carbons (Fsp3) is 0.143. The van der Waals surface area contributed by atoms with Crippen LogP contribution in [-0.4, -0.2) is 12.6 Å². The number of furan rings is 1. The molecule has 19 heavy (non-hydrogen) atoms. The van der Waals surface area contributed by atoms with Gasteiger partial charge in [-0.15, -0.1) is 0 Å². The number of benzene rings is 1. The maximum atomic E-state index is 11.9. The average molecular weight is 258 g/mol. The van der Waals surface area contributed by atoms with Crippen molar-refractivity contribution in [3.63, 3.8) is 0 Å². The van der Waals surface area contributed by atoms with E-state index >= 15 is 0 Å². The van der Waals surface area contributed by atoms with Crippen LogP contribution < -0.4 is 5.43 Å². The van der Waals surface area contributed by atoms with Gasteiger partial charge >= 0.3 is 5.97 Å². The van der Waals surface area contributed by atoms with E-state index < -0.39 is 11.4 Å². The van der Waals surface area contributed by atoms with Crippen molar-refractivity contribution >= 4 is 28.1 Å². The summed E-state index contributed by atoms with van der Waals surface area (Å²) in [5.41, 5.74) is 0.514. The van der Waals surface area contributed by atoms with Gasteiger partial charge in [-0.25, -0.2) is 4.79 Å². The molecule has 0 saturated carbocycles. The number of esters is 1. The highest BCUT2D eigenvalue weighted by Crippen LogP contribution is 2.27. The molecular formula is C14H10O5. The topological polar surface area (TPSA) is 69.7 Å². The summed E-state index contributed by atoms with van der Waals surface area (Å²) >= 11 is 0. The second-order valence-electron chi connectivity index (χ2n) is 3.95. The van der Waals surface area contributed by atoms with Crippen molar-refractivity contribution in [3.8, 4) is 0 Å². The minimum Gasteiger partial charge on any atom is -0.460 e. The molecule has 3 aromatic rings. The van der Waals surface area contributed by atoms with E-state index in [-0.39, 0.29) is 23.5 Å². The molecule has 0 fully saturated rings. The van der Waals surface area contributed by atoms with Crippen molar-refractivity contribution in [1.29, 1.82) is 0 Å². The minimum absolute atomic E-state index is 0.106. The van der Waals surface area contributed by atoms with E-state index in [4.69, 9.17) is 13.6 Å². The molecule has 0 spiro atoms. The molecule has 0 aliphatic carbocycles. The Balaban J connectivity index is 2.32. The predicted octanol–water partition coefficient (Wildman–Crippen LogP) is 2.72. The van der Waals surface area contributed by atoms with Crippen LogP contribution in [0.4, 0.5) is 0 Å². The number of hydrogen-bond acceptors (Lipinski definition) is 5. The smallest absolute Gasteiger partial charge is 0.374 e. The van der Waals surface area contributed by atoms with Crippen LogP contribution in [0.5, 0.6) is 0 Å². The summed E-state index contributed by atoms with van der Waals surface area (Å²) in [7, 11) is 0. The first kappa shape index (κ1) is 11.5. The number of fused-ring (bicyclic) bond motifs is 3. The third kappa shape index (κ3) is 1.79. The van der Waals surface area contributed by atoms with E-state index in [0.29, 0.717) is 11.0 Å². The highest BCUT2D eigenvalue weighted by atomic mass is 16.5. The predicted molar refractivity (Wildman–Crippen MR) is 68.2 cm³/mol. The molecule has 0 amide bonds. The van der Waals surface area contributed by atoms with Gasteiger partial charge in [0, 0.05) is 6.07 Å². The maximum absolute atomic E-state index is 11.9. The number of carbonyl (C=O) groups excluding carboxylic acids is 1. The monoisotopic (exact) mass is 258 g/mol. The Labute approximate surface area is 107 Å². The summed E-state index contributed by atoms with van der Waals surface area (Å²) in [4.78, 5) is 23.5. The van der Waals surface area contributed by atoms with E-state index in [2.05, 4.69) is 0 Å². The van der Waals surface area contributed by atoms with Crippen LogP contribution >= 0.6 is 0 Å². The molecule has 0 saturated heterocycles. The number of hydrogen-bond donors (Lipinski definition) is 0. The lowest BCUT2D eigenvalue weighted by Crippen LogP contribution is -2.09. The van der Waals surface area contributed by atoms with Gasteiger partial charge in [-0.2, -0.15) is 0 Å².